The summed E-state index contributed by atoms with van der Waals surface area (Å²) < 4.78 is 52.9. The maximum Gasteiger partial charge on any atom is 0.420 e. The van der Waals surface area contributed by atoms with Gasteiger partial charge in [-0.3, -0.25) is 9.48 Å². The lowest BCUT2D eigenvalue weighted by atomic mass is 9.74. The smallest absolute Gasteiger partial charge is 0.420 e. The number of carbonyl (C=O) groups excluding carboxylic acids is 1. The Morgan fingerprint density at radius 3 is 2.77 bits per heavy atom. The normalized spacial score (nSPS) is 27.5. The van der Waals surface area contributed by atoms with Crippen LogP contribution in [0.4, 0.5) is 18.9 Å². The summed E-state index contributed by atoms with van der Waals surface area (Å²) in [4.78, 5) is 13.2. The minimum Gasteiger partial charge on any atom is -0.493 e. The van der Waals surface area contributed by atoms with E-state index in [-0.39, 0.29) is 18.0 Å². The summed E-state index contributed by atoms with van der Waals surface area (Å²) in [6, 6.07) is 3.45. The van der Waals surface area contributed by atoms with Crippen molar-refractivity contribution in [2.45, 2.75) is 50.7 Å². The van der Waals surface area contributed by atoms with Gasteiger partial charge in [-0.15, -0.1) is 0 Å². The Morgan fingerprint density at radius 1 is 1.42 bits per heavy atom. The van der Waals surface area contributed by atoms with E-state index in [0.717, 1.165) is 11.6 Å². The molecule has 2 bridgehead atoms. The van der Waals surface area contributed by atoms with Crippen molar-refractivity contribution in [3.63, 3.8) is 0 Å². The van der Waals surface area contributed by atoms with Gasteiger partial charge in [-0.1, -0.05) is 0 Å². The van der Waals surface area contributed by atoms with E-state index in [9.17, 15) is 23.1 Å². The quantitative estimate of drug-likeness (QED) is 0.748. The van der Waals surface area contributed by atoms with Crippen LogP contribution in [-0.4, -0.2) is 45.7 Å². The highest BCUT2D eigenvalue weighted by Crippen LogP contribution is 2.50. The Morgan fingerprint density at radius 2 is 2.16 bits per heavy atom. The molecule has 0 aliphatic carbocycles. The van der Waals surface area contributed by atoms with E-state index in [0.29, 0.717) is 12.1 Å². The number of anilines is 1. The Hall–Kier alpha value is -2.59. The Balaban J connectivity index is 1.62. The van der Waals surface area contributed by atoms with Crippen molar-refractivity contribution in [1.29, 1.82) is 0 Å². The summed E-state index contributed by atoms with van der Waals surface area (Å²) >= 11 is 0. The number of carbonyl (C=O) groups is 1. The van der Waals surface area contributed by atoms with Crippen molar-refractivity contribution in [3.8, 4) is 5.75 Å². The van der Waals surface area contributed by atoms with Crippen LogP contribution in [0.15, 0.2) is 24.4 Å². The second kappa shape index (κ2) is 7.83. The maximum absolute atomic E-state index is 13.4. The number of benzene rings is 1. The van der Waals surface area contributed by atoms with Gasteiger partial charge in [0, 0.05) is 31.3 Å². The average molecular weight is 439 g/mol. The molecule has 2 aromatic rings. The number of halogens is 3. The summed E-state index contributed by atoms with van der Waals surface area (Å²) in [6.45, 7) is 3.50. The van der Waals surface area contributed by atoms with Crippen molar-refractivity contribution in [2.24, 2.45) is 13.0 Å². The van der Waals surface area contributed by atoms with E-state index in [1.54, 1.807) is 24.9 Å². The number of aromatic nitrogens is 2. The maximum atomic E-state index is 13.4. The van der Waals surface area contributed by atoms with Crippen LogP contribution in [0.5, 0.6) is 5.75 Å². The molecule has 0 radical (unpaired) electrons. The highest BCUT2D eigenvalue weighted by molar-refractivity contribution is 5.94. The first kappa shape index (κ1) is 21.6. The molecule has 168 valence electrons. The van der Waals surface area contributed by atoms with E-state index >= 15 is 0 Å². The lowest BCUT2D eigenvalue weighted by Crippen LogP contribution is -2.41. The SMILES string of the molecule is CCOc1ccc(NC(=O)[C@@H]2[C@@H](c3cn(C)nc3C)[C@H]3O[C@@H]2C[C@@H]3O)cc1C(F)(F)F. The van der Waals surface area contributed by atoms with E-state index in [1.165, 1.54) is 12.1 Å². The standard InChI is InChI=1S/C21H24F3N3O4/c1-4-30-15-6-5-11(7-13(15)21(22,23)24)25-20(29)18-16-8-14(28)19(31-16)17(18)12-9-27(3)26-10(12)2/h5-7,9,14,16-19,28H,4,8H2,1-3H3,(H,25,29)/t14-,16+,17+,18-,19-/m0/s1. The molecule has 0 unspecified atom stereocenters. The van der Waals surface area contributed by atoms with Gasteiger partial charge in [-0.05, 0) is 37.6 Å². The van der Waals surface area contributed by atoms with Gasteiger partial charge in [0.05, 0.1) is 42.1 Å². The topological polar surface area (TPSA) is 85.6 Å². The molecule has 0 saturated carbocycles. The number of hydrogen-bond acceptors (Lipinski definition) is 5. The van der Waals surface area contributed by atoms with Gasteiger partial charge in [0.25, 0.3) is 0 Å². The zero-order chi connectivity index (χ0) is 22.5. The average Bonchev–Trinajstić information content (AvgIpc) is 3.33. The fraction of sp³-hybridized carbons (Fsp3) is 0.524. The third-order valence-electron chi connectivity index (χ3n) is 5.89. The summed E-state index contributed by atoms with van der Waals surface area (Å²) in [5.74, 6) is -1.84. The molecule has 2 N–H and O–H groups in total. The number of aliphatic hydroxyl groups excluding tert-OH is 1. The van der Waals surface area contributed by atoms with Crippen LogP contribution in [0, 0.1) is 12.8 Å². The van der Waals surface area contributed by atoms with Gasteiger partial charge in [-0.2, -0.15) is 18.3 Å². The molecule has 2 aliphatic rings. The molecule has 1 aromatic carbocycles. The lowest BCUT2D eigenvalue weighted by molar-refractivity contribution is -0.139. The Labute approximate surface area is 177 Å². The molecule has 1 amide bonds. The van der Waals surface area contributed by atoms with Crippen LogP contribution in [-0.2, 0) is 22.8 Å². The summed E-state index contributed by atoms with van der Waals surface area (Å²) in [7, 11) is 1.76. The van der Waals surface area contributed by atoms with Gasteiger partial charge in [-0.25, -0.2) is 0 Å². The third-order valence-corrected chi connectivity index (χ3v) is 5.89. The van der Waals surface area contributed by atoms with Crippen LogP contribution < -0.4 is 10.1 Å². The van der Waals surface area contributed by atoms with E-state index in [1.807, 2.05) is 6.92 Å². The van der Waals surface area contributed by atoms with E-state index in [4.69, 9.17) is 9.47 Å². The Kier molecular flexibility index (Phi) is 5.47. The molecule has 10 heteroatoms. The fourth-order valence-corrected chi connectivity index (χ4v) is 4.69. The number of nitrogens with zero attached hydrogens (tertiary/aromatic N) is 2. The van der Waals surface area contributed by atoms with Crippen molar-refractivity contribution < 1.29 is 32.5 Å². The van der Waals surface area contributed by atoms with Gasteiger partial charge >= 0.3 is 6.18 Å². The first-order chi connectivity index (χ1) is 14.6. The highest BCUT2D eigenvalue weighted by Gasteiger charge is 2.57. The molecule has 2 saturated heterocycles. The van der Waals surface area contributed by atoms with Gasteiger partial charge in [0.2, 0.25) is 5.91 Å². The minimum atomic E-state index is -4.62. The summed E-state index contributed by atoms with van der Waals surface area (Å²) in [5, 5.41) is 17.2. The highest BCUT2D eigenvalue weighted by atomic mass is 19.4. The molecule has 1 aromatic heterocycles. The number of amides is 1. The van der Waals surface area contributed by atoms with Crippen molar-refractivity contribution >= 4 is 11.6 Å². The number of ether oxygens (including phenoxy) is 2. The number of fused-ring (bicyclic) bond motifs is 2. The molecular weight excluding hydrogens is 415 g/mol. The largest absolute Gasteiger partial charge is 0.493 e. The van der Waals surface area contributed by atoms with Crippen molar-refractivity contribution in [1.82, 2.24) is 9.78 Å². The molecule has 3 heterocycles. The van der Waals surface area contributed by atoms with Crippen LogP contribution in [0.2, 0.25) is 0 Å². The number of aliphatic hydroxyl groups is 1. The number of alkyl halides is 3. The van der Waals surface area contributed by atoms with Crippen LogP contribution in [0.25, 0.3) is 0 Å². The molecule has 0 spiro atoms. The Bertz CT molecular complexity index is 991. The third kappa shape index (κ3) is 3.89. The molecular formula is C21H24F3N3O4. The molecule has 2 fully saturated rings. The lowest BCUT2D eigenvalue weighted by Gasteiger charge is -2.29. The molecule has 4 rings (SSSR count). The van der Waals surface area contributed by atoms with Crippen molar-refractivity contribution in [2.75, 3.05) is 11.9 Å². The molecule has 31 heavy (non-hydrogen) atoms. The fourth-order valence-electron chi connectivity index (χ4n) is 4.69. The van der Waals surface area contributed by atoms with Gasteiger partial charge < -0.3 is 19.9 Å². The second-order valence-corrected chi connectivity index (χ2v) is 7.97. The summed E-state index contributed by atoms with van der Waals surface area (Å²) in [5.41, 5.74) is 0.572. The predicted octanol–water partition coefficient (Wildman–Crippen LogP) is 3.02. The molecule has 7 nitrogen and oxygen atoms in total. The van der Waals surface area contributed by atoms with Crippen LogP contribution in [0.3, 0.4) is 0 Å². The van der Waals surface area contributed by atoms with Crippen molar-refractivity contribution in [3.05, 3.63) is 41.2 Å². The number of rotatable bonds is 5. The summed E-state index contributed by atoms with van der Waals surface area (Å²) in [6.07, 6.45) is -4.32. The first-order valence-electron chi connectivity index (χ1n) is 10.1. The first-order valence-corrected chi connectivity index (χ1v) is 10.1. The number of nitrogens with one attached hydrogen (secondary N) is 1. The van der Waals surface area contributed by atoms with E-state index in [2.05, 4.69) is 10.4 Å². The number of hydrogen-bond donors (Lipinski definition) is 2. The van der Waals surface area contributed by atoms with E-state index < -0.39 is 47.8 Å². The van der Waals surface area contributed by atoms with Crippen LogP contribution in [0.1, 0.15) is 36.1 Å². The molecule has 5 atom stereocenters. The molecule has 2 aliphatic heterocycles. The minimum absolute atomic E-state index is 0.0192. The monoisotopic (exact) mass is 439 g/mol. The second-order valence-electron chi connectivity index (χ2n) is 7.97. The zero-order valence-corrected chi connectivity index (χ0v) is 17.3. The predicted molar refractivity (Wildman–Crippen MR) is 105 cm³/mol. The van der Waals surface area contributed by atoms with Gasteiger partial charge in [0.15, 0.2) is 0 Å². The van der Waals surface area contributed by atoms with Crippen LogP contribution >= 0.6 is 0 Å². The zero-order valence-electron chi connectivity index (χ0n) is 17.3. The number of aryl methyl sites for hydroxylation is 2. The van der Waals surface area contributed by atoms with Gasteiger partial charge in [0.1, 0.15) is 5.75 Å².